The van der Waals surface area contributed by atoms with Crippen LogP contribution in [0.3, 0.4) is 0 Å². The molecular formula is C24H36N8O3. The van der Waals surface area contributed by atoms with Crippen molar-refractivity contribution in [2.24, 2.45) is 5.73 Å². The van der Waals surface area contributed by atoms with E-state index >= 15 is 0 Å². The number of ether oxygens (including phenoxy) is 2. The largest absolute Gasteiger partial charge is 0.378 e. The second-order valence-electron chi connectivity index (χ2n) is 8.11. The summed E-state index contributed by atoms with van der Waals surface area (Å²) in [4.78, 5) is 25.5. The number of nitrogens with two attached hydrogens (primary N) is 1. The van der Waals surface area contributed by atoms with E-state index in [1.165, 1.54) is 6.42 Å². The van der Waals surface area contributed by atoms with Crippen molar-refractivity contribution in [2.45, 2.75) is 31.7 Å². The van der Waals surface area contributed by atoms with E-state index in [4.69, 9.17) is 15.2 Å². The van der Waals surface area contributed by atoms with E-state index in [-0.39, 0.29) is 12.3 Å². The minimum Gasteiger partial charge on any atom is -0.378 e. The van der Waals surface area contributed by atoms with Crippen molar-refractivity contribution in [1.82, 2.24) is 20.3 Å². The molecule has 2 aromatic rings. The van der Waals surface area contributed by atoms with E-state index < -0.39 is 0 Å². The number of hydrogen-bond acceptors (Lipinski definition) is 10. The molecule has 1 amide bonds. The lowest BCUT2D eigenvalue weighted by Crippen LogP contribution is -2.29. The Kier molecular flexibility index (Phi) is 11.2. The highest BCUT2D eigenvalue weighted by molar-refractivity contribution is 5.78. The summed E-state index contributed by atoms with van der Waals surface area (Å²) in [6.07, 6.45) is 5.50. The van der Waals surface area contributed by atoms with Gasteiger partial charge >= 0.3 is 0 Å². The average Bonchev–Trinajstić information content (AvgIpc) is 2.83. The van der Waals surface area contributed by atoms with Gasteiger partial charge in [0.15, 0.2) is 0 Å². The van der Waals surface area contributed by atoms with Crippen LogP contribution in [0.4, 0.5) is 23.5 Å². The highest BCUT2D eigenvalue weighted by Crippen LogP contribution is 2.23. The molecule has 0 unspecified atom stereocenters. The van der Waals surface area contributed by atoms with Crippen LogP contribution in [0.1, 0.15) is 24.8 Å². The van der Waals surface area contributed by atoms with Gasteiger partial charge in [0.2, 0.25) is 23.8 Å². The average molecular weight is 485 g/mol. The van der Waals surface area contributed by atoms with Crippen LogP contribution in [0, 0.1) is 0 Å². The maximum Gasteiger partial charge on any atom is 0.233 e. The molecule has 1 aliphatic rings. The molecule has 1 aromatic carbocycles. The summed E-state index contributed by atoms with van der Waals surface area (Å²) in [6.45, 7) is 7.17. The fourth-order valence-corrected chi connectivity index (χ4v) is 3.22. The summed E-state index contributed by atoms with van der Waals surface area (Å²) in [6, 6.07) is 8.00. The Bertz CT molecular complexity index is 921. The van der Waals surface area contributed by atoms with Gasteiger partial charge in [0.25, 0.3) is 0 Å². The van der Waals surface area contributed by atoms with Gasteiger partial charge in [-0.25, -0.2) is 0 Å². The highest BCUT2D eigenvalue weighted by atomic mass is 16.5. The maximum absolute atomic E-state index is 12.2. The third kappa shape index (κ3) is 9.85. The first-order chi connectivity index (χ1) is 17.2. The van der Waals surface area contributed by atoms with Gasteiger partial charge < -0.3 is 36.5 Å². The third-order valence-corrected chi connectivity index (χ3v) is 5.26. The molecule has 0 bridgehead atoms. The SMILES string of the molecule is C=CCNc1nc(Nc2ccc(CC(=O)NCCOCCOCCN)cc2)nc(NC2CCC2)n1. The van der Waals surface area contributed by atoms with Crippen LogP contribution in [0.15, 0.2) is 36.9 Å². The van der Waals surface area contributed by atoms with E-state index in [0.717, 1.165) is 24.1 Å². The molecular weight excluding hydrogens is 448 g/mol. The Morgan fingerprint density at radius 2 is 1.74 bits per heavy atom. The van der Waals surface area contributed by atoms with Gasteiger partial charge in [0.1, 0.15) is 0 Å². The molecule has 0 atom stereocenters. The number of carbonyl (C=O) groups excluding carboxylic acids is 1. The standard InChI is InChI=1S/C24H36N8O3/c1-2-11-27-22-30-23(28-19-4-3-5-19)32-24(31-22)29-20-8-6-18(7-9-20)17-21(33)26-12-14-35-16-15-34-13-10-25/h2,6-9,19H,1,3-5,10-17,25H2,(H,26,33)(H3,27,28,29,30,31,32). The minimum atomic E-state index is -0.0594. The maximum atomic E-state index is 12.2. The number of amides is 1. The topological polar surface area (TPSA) is 148 Å². The normalized spacial score (nSPS) is 13.1. The highest BCUT2D eigenvalue weighted by Gasteiger charge is 2.19. The number of carbonyl (C=O) groups is 1. The molecule has 11 heteroatoms. The van der Waals surface area contributed by atoms with Crippen molar-refractivity contribution in [2.75, 3.05) is 62.0 Å². The van der Waals surface area contributed by atoms with Crippen LogP contribution < -0.4 is 27.0 Å². The molecule has 11 nitrogen and oxygen atoms in total. The van der Waals surface area contributed by atoms with Crippen molar-refractivity contribution >= 4 is 29.4 Å². The second-order valence-corrected chi connectivity index (χ2v) is 8.11. The van der Waals surface area contributed by atoms with Gasteiger partial charge in [-0.2, -0.15) is 15.0 Å². The molecule has 6 N–H and O–H groups in total. The number of anilines is 4. The number of hydrogen-bond donors (Lipinski definition) is 5. The summed E-state index contributed by atoms with van der Waals surface area (Å²) in [5.74, 6) is 1.40. The zero-order chi connectivity index (χ0) is 24.7. The van der Waals surface area contributed by atoms with Crippen molar-refractivity contribution in [3.05, 3.63) is 42.5 Å². The van der Waals surface area contributed by atoms with Crippen LogP contribution in [-0.2, 0) is 20.7 Å². The molecule has 0 saturated heterocycles. The number of rotatable bonds is 17. The number of benzene rings is 1. The van der Waals surface area contributed by atoms with Crippen molar-refractivity contribution in [3.8, 4) is 0 Å². The van der Waals surface area contributed by atoms with Crippen molar-refractivity contribution < 1.29 is 14.3 Å². The monoisotopic (exact) mass is 484 g/mol. The fraction of sp³-hybridized carbons (Fsp3) is 0.500. The van der Waals surface area contributed by atoms with E-state index in [9.17, 15) is 4.79 Å². The lowest BCUT2D eigenvalue weighted by Gasteiger charge is -2.26. The van der Waals surface area contributed by atoms with Crippen LogP contribution in [0.2, 0.25) is 0 Å². The number of aromatic nitrogens is 3. The summed E-state index contributed by atoms with van der Waals surface area (Å²) >= 11 is 0. The Morgan fingerprint density at radius 1 is 1.03 bits per heavy atom. The van der Waals surface area contributed by atoms with E-state index in [1.54, 1.807) is 6.08 Å². The first-order valence-electron chi connectivity index (χ1n) is 12.0. The Balaban J connectivity index is 1.45. The minimum absolute atomic E-state index is 0.0594. The van der Waals surface area contributed by atoms with Crippen LogP contribution in [0.5, 0.6) is 0 Å². The quantitative estimate of drug-likeness (QED) is 0.166. The molecule has 0 spiro atoms. The van der Waals surface area contributed by atoms with Gasteiger partial charge in [0, 0.05) is 31.4 Å². The molecule has 3 rings (SSSR count). The summed E-state index contributed by atoms with van der Waals surface area (Å²) in [5.41, 5.74) is 7.06. The first kappa shape index (κ1) is 26.3. The molecule has 0 aliphatic heterocycles. The Morgan fingerprint density at radius 3 is 2.43 bits per heavy atom. The van der Waals surface area contributed by atoms with Gasteiger partial charge in [-0.1, -0.05) is 18.2 Å². The predicted molar refractivity (Wildman–Crippen MR) is 137 cm³/mol. The van der Waals surface area contributed by atoms with Crippen LogP contribution >= 0.6 is 0 Å². The molecule has 1 heterocycles. The Hall–Kier alpha value is -3.28. The van der Waals surface area contributed by atoms with Gasteiger partial charge in [-0.15, -0.1) is 6.58 Å². The number of nitrogens with one attached hydrogen (secondary N) is 4. The zero-order valence-electron chi connectivity index (χ0n) is 20.1. The zero-order valence-corrected chi connectivity index (χ0v) is 20.1. The second kappa shape index (κ2) is 14.9. The predicted octanol–water partition coefficient (Wildman–Crippen LogP) is 1.83. The van der Waals surface area contributed by atoms with Gasteiger partial charge in [0.05, 0.1) is 32.8 Å². The number of nitrogens with zero attached hydrogens (tertiary/aromatic N) is 3. The molecule has 1 saturated carbocycles. The smallest absolute Gasteiger partial charge is 0.233 e. The van der Waals surface area contributed by atoms with Crippen molar-refractivity contribution in [3.63, 3.8) is 0 Å². The van der Waals surface area contributed by atoms with Crippen molar-refractivity contribution in [1.29, 1.82) is 0 Å². The fourth-order valence-electron chi connectivity index (χ4n) is 3.22. The summed E-state index contributed by atoms with van der Waals surface area (Å²) < 4.78 is 10.6. The molecule has 1 aromatic heterocycles. The first-order valence-corrected chi connectivity index (χ1v) is 12.0. The summed E-state index contributed by atoms with van der Waals surface area (Å²) in [7, 11) is 0. The molecule has 1 fully saturated rings. The van der Waals surface area contributed by atoms with Crippen LogP contribution in [-0.4, -0.2) is 73.0 Å². The van der Waals surface area contributed by atoms with Gasteiger partial charge in [-0.3, -0.25) is 4.79 Å². The molecule has 190 valence electrons. The molecule has 35 heavy (non-hydrogen) atoms. The molecule has 0 radical (unpaired) electrons. The van der Waals surface area contributed by atoms with E-state index in [2.05, 4.69) is 42.8 Å². The lowest BCUT2D eigenvalue weighted by atomic mass is 9.93. The molecule has 1 aliphatic carbocycles. The lowest BCUT2D eigenvalue weighted by molar-refractivity contribution is -0.120. The summed E-state index contributed by atoms with van der Waals surface area (Å²) in [5, 5.41) is 12.5. The third-order valence-electron chi connectivity index (χ3n) is 5.26. The van der Waals surface area contributed by atoms with Gasteiger partial charge in [-0.05, 0) is 37.0 Å². The van der Waals surface area contributed by atoms with E-state index in [1.807, 2.05) is 24.3 Å². The van der Waals surface area contributed by atoms with Crippen LogP contribution in [0.25, 0.3) is 0 Å². The Labute approximate surface area is 206 Å². The van der Waals surface area contributed by atoms with E-state index in [0.29, 0.717) is 69.9 Å².